The number of rotatable bonds is 4. The molecule has 0 radical (unpaired) electrons. The molecule has 0 saturated heterocycles. The summed E-state index contributed by atoms with van der Waals surface area (Å²) in [5.74, 6) is 0.849. The first-order chi connectivity index (χ1) is 11.2. The molecule has 0 N–H and O–H groups in total. The topological polar surface area (TPSA) is 51.1 Å². The Balaban J connectivity index is 1.60. The molecule has 1 aromatic carbocycles. The van der Waals surface area contributed by atoms with Crippen molar-refractivity contribution >= 4 is 11.6 Å². The van der Waals surface area contributed by atoms with Crippen molar-refractivity contribution in [3.63, 3.8) is 0 Å². The molecule has 3 rings (SSSR count). The number of ether oxygens (including phenoxy) is 1. The number of hydrogen-bond donors (Lipinski definition) is 0. The number of benzene rings is 1. The van der Waals surface area contributed by atoms with Gasteiger partial charge in [-0.3, -0.25) is 4.79 Å². The number of amides is 1. The molecule has 1 saturated carbocycles. The number of carbonyl (C=O) groups excluding carboxylic acids is 1. The van der Waals surface area contributed by atoms with Crippen molar-refractivity contribution in [2.45, 2.75) is 50.7 Å². The Labute approximate surface area is 137 Å². The van der Waals surface area contributed by atoms with Crippen molar-refractivity contribution in [1.82, 2.24) is 4.90 Å². The van der Waals surface area contributed by atoms with E-state index in [0.717, 1.165) is 29.9 Å². The number of hydrogen-bond acceptors (Lipinski definition) is 4. The van der Waals surface area contributed by atoms with E-state index in [1.807, 2.05) is 36.2 Å². The number of carbonyl (C=O) groups is 1. The first-order valence-electron chi connectivity index (χ1n) is 8.33. The summed E-state index contributed by atoms with van der Waals surface area (Å²) in [4.78, 5) is 19.9. The van der Waals surface area contributed by atoms with Crippen molar-refractivity contribution in [3.05, 3.63) is 29.8 Å². The van der Waals surface area contributed by atoms with Crippen LogP contribution in [0.3, 0.4) is 0 Å². The molecule has 5 nitrogen and oxygen atoms in total. The molecule has 0 spiro atoms. The molecule has 1 fully saturated rings. The molecule has 1 aliphatic heterocycles. The van der Waals surface area contributed by atoms with Gasteiger partial charge in [-0.25, -0.2) is 0 Å². The lowest BCUT2D eigenvalue weighted by Crippen LogP contribution is -2.43. The highest BCUT2D eigenvalue weighted by molar-refractivity contribution is 6.04. The van der Waals surface area contributed by atoms with E-state index in [1.54, 1.807) is 7.11 Å². The number of nitrogens with zero attached hydrogens (tertiary/aromatic N) is 2. The van der Waals surface area contributed by atoms with Gasteiger partial charge in [-0.2, -0.15) is 0 Å². The van der Waals surface area contributed by atoms with Gasteiger partial charge in [0.05, 0.1) is 12.8 Å². The van der Waals surface area contributed by atoms with Crippen LogP contribution in [0.15, 0.2) is 29.4 Å². The predicted molar refractivity (Wildman–Crippen MR) is 88.7 cm³/mol. The maximum Gasteiger partial charge on any atom is 0.266 e. The molecule has 1 aliphatic carbocycles. The maximum absolute atomic E-state index is 12.6. The molecule has 2 aliphatic rings. The summed E-state index contributed by atoms with van der Waals surface area (Å²) >= 11 is 0. The second kappa shape index (κ2) is 7.02. The summed E-state index contributed by atoms with van der Waals surface area (Å²) in [6.07, 6.45) is 5.94. The summed E-state index contributed by atoms with van der Waals surface area (Å²) < 4.78 is 5.16. The Morgan fingerprint density at radius 2 is 1.91 bits per heavy atom. The summed E-state index contributed by atoms with van der Waals surface area (Å²) in [5.41, 5.74) is 1.80. The van der Waals surface area contributed by atoms with Gasteiger partial charge in [0.15, 0.2) is 0 Å². The predicted octanol–water partition coefficient (Wildman–Crippen LogP) is 2.98. The zero-order chi connectivity index (χ0) is 16.2. The number of oxime groups is 1. The Kier molecular flexibility index (Phi) is 4.84. The minimum absolute atomic E-state index is 0.0455. The molecular weight excluding hydrogens is 292 g/mol. The van der Waals surface area contributed by atoms with Crippen LogP contribution >= 0.6 is 0 Å². The lowest BCUT2D eigenvalue weighted by atomic mass is 9.94. The minimum Gasteiger partial charge on any atom is -0.497 e. The second-order valence-electron chi connectivity index (χ2n) is 6.31. The van der Waals surface area contributed by atoms with E-state index in [4.69, 9.17) is 9.57 Å². The van der Waals surface area contributed by atoms with Gasteiger partial charge >= 0.3 is 0 Å². The molecule has 1 aromatic rings. The van der Waals surface area contributed by atoms with Crippen LogP contribution in [0.25, 0.3) is 0 Å². The van der Waals surface area contributed by atoms with Crippen LogP contribution in [0.5, 0.6) is 5.75 Å². The Morgan fingerprint density at radius 3 is 2.57 bits per heavy atom. The smallest absolute Gasteiger partial charge is 0.266 e. The Bertz CT molecular complexity index is 576. The molecule has 5 heteroatoms. The third kappa shape index (κ3) is 3.49. The molecule has 23 heavy (non-hydrogen) atoms. The fraction of sp³-hybridized carbons (Fsp3) is 0.556. The quantitative estimate of drug-likeness (QED) is 0.858. The molecule has 0 bridgehead atoms. The minimum atomic E-state index is -0.487. The SMILES string of the molecule is COc1ccc(C2=NOC(C(=O)N(C)C3CCCCC3)C2)cc1. The molecule has 1 atom stereocenters. The maximum atomic E-state index is 12.6. The van der Waals surface area contributed by atoms with Gasteiger partial charge in [0.25, 0.3) is 5.91 Å². The van der Waals surface area contributed by atoms with Crippen LogP contribution in [0.4, 0.5) is 0 Å². The lowest BCUT2D eigenvalue weighted by Gasteiger charge is -2.32. The van der Waals surface area contributed by atoms with Gasteiger partial charge in [-0.05, 0) is 42.7 Å². The van der Waals surface area contributed by atoms with E-state index in [0.29, 0.717) is 12.5 Å². The lowest BCUT2D eigenvalue weighted by molar-refractivity contribution is -0.143. The fourth-order valence-electron chi connectivity index (χ4n) is 3.34. The molecule has 1 heterocycles. The third-order valence-corrected chi connectivity index (χ3v) is 4.84. The van der Waals surface area contributed by atoms with Gasteiger partial charge in [0.2, 0.25) is 6.10 Å². The molecule has 124 valence electrons. The van der Waals surface area contributed by atoms with Crippen LogP contribution < -0.4 is 4.74 Å². The number of likely N-dealkylation sites (N-methyl/N-ethyl adjacent to an activating group) is 1. The summed E-state index contributed by atoms with van der Waals surface area (Å²) in [7, 11) is 3.54. The summed E-state index contributed by atoms with van der Waals surface area (Å²) in [6.45, 7) is 0. The zero-order valence-corrected chi connectivity index (χ0v) is 13.8. The van der Waals surface area contributed by atoms with E-state index in [9.17, 15) is 4.79 Å². The van der Waals surface area contributed by atoms with Crippen LogP contribution in [-0.2, 0) is 9.63 Å². The van der Waals surface area contributed by atoms with E-state index < -0.39 is 6.10 Å². The van der Waals surface area contributed by atoms with Crippen LogP contribution in [-0.4, -0.2) is 42.8 Å². The van der Waals surface area contributed by atoms with Gasteiger partial charge in [-0.1, -0.05) is 24.4 Å². The standard InChI is InChI=1S/C18H24N2O3/c1-20(14-6-4-3-5-7-14)18(21)17-12-16(19-23-17)13-8-10-15(22-2)11-9-13/h8-11,14,17H,3-7,12H2,1-2H3. The van der Waals surface area contributed by atoms with Crippen molar-refractivity contribution in [3.8, 4) is 5.75 Å². The van der Waals surface area contributed by atoms with Crippen molar-refractivity contribution < 1.29 is 14.4 Å². The Hall–Kier alpha value is -2.04. The average molecular weight is 316 g/mol. The van der Waals surface area contributed by atoms with E-state index in [2.05, 4.69) is 5.16 Å². The van der Waals surface area contributed by atoms with E-state index in [1.165, 1.54) is 19.3 Å². The molecule has 0 aromatic heterocycles. The second-order valence-corrected chi connectivity index (χ2v) is 6.31. The third-order valence-electron chi connectivity index (χ3n) is 4.84. The summed E-state index contributed by atoms with van der Waals surface area (Å²) in [6, 6.07) is 8.02. The highest BCUT2D eigenvalue weighted by atomic mass is 16.6. The van der Waals surface area contributed by atoms with Crippen molar-refractivity contribution in [1.29, 1.82) is 0 Å². The summed E-state index contributed by atoms with van der Waals surface area (Å²) in [5, 5.41) is 4.12. The van der Waals surface area contributed by atoms with Gasteiger partial charge in [0.1, 0.15) is 5.75 Å². The highest BCUT2D eigenvalue weighted by Gasteiger charge is 2.33. The number of methoxy groups -OCH3 is 1. The normalized spacial score (nSPS) is 21.5. The van der Waals surface area contributed by atoms with Crippen molar-refractivity contribution in [2.24, 2.45) is 5.16 Å². The van der Waals surface area contributed by atoms with Gasteiger partial charge < -0.3 is 14.5 Å². The first-order valence-corrected chi connectivity index (χ1v) is 8.33. The molecule has 1 amide bonds. The van der Waals surface area contributed by atoms with Gasteiger partial charge in [0, 0.05) is 19.5 Å². The van der Waals surface area contributed by atoms with Gasteiger partial charge in [-0.15, -0.1) is 0 Å². The van der Waals surface area contributed by atoms with Crippen LogP contribution in [0, 0.1) is 0 Å². The zero-order valence-electron chi connectivity index (χ0n) is 13.8. The molecular formula is C18H24N2O3. The highest BCUT2D eigenvalue weighted by Crippen LogP contribution is 2.25. The van der Waals surface area contributed by atoms with Crippen LogP contribution in [0.1, 0.15) is 44.1 Å². The van der Waals surface area contributed by atoms with Crippen LogP contribution in [0.2, 0.25) is 0 Å². The van der Waals surface area contributed by atoms with E-state index in [-0.39, 0.29) is 5.91 Å². The monoisotopic (exact) mass is 316 g/mol. The first kappa shape index (κ1) is 15.8. The van der Waals surface area contributed by atoms with Crippen molar-refractivity contribution in [2.75, 3.05) is 14.2 Å². The fourth-order valence-corrected chi connectivity index (χ4v) is 3.34. The largest absolute Gasteiger partial charge is 0.497 e. The Morgan fingerprint density at radius 1 is 1.22 bits per heavy atom. The average Bonchev–Trinajstić information content (AvgIpc) is 3.11. The molecule has 1 unspecified atom stereocenters. The van der Waals surface area contributed by atoms with E-state index >= 15 is 0 Å².